The number of rotatable bonds is 4. The molecule has 1 aliphatic heterocycles. The second-order valence-electron chi connectivity index (χ2n) is 8.20. The normalized spacial score (nSPS) is 33.7. The summed E-state index contributed by atoms with van der Waals surface area (Å²) in [6.45, 7) is 12.1. The van der Waals surface area contributed by atoms with Crippen LogP contribution < -0.4 is 0 Å². The maximum atomic E-state index is 2.75. The fourth-order valence-electron chi connectivity index (χ4n) is 4.60. The van der Waals surface area contributed by atoms with E-state index < -0.39 is 0 Å². The highest BCUT2D eigenvalue weighted by Crippen LogP contribution is 2.30. The first kappa shape index (κ1) is 17.0. The lowest BCUT2D eigenvalue weighted by Crippen LogP contribution is -2.56. The van der Waals surface area contributed by atoms with Gasteiger partial charge in [-0.05, 0) is 44.1 Å². The third-order valence-electron chi connectivity index (χ3n) is 6.04. The maximum Gasteiger partial charge on any atom is 0.0240 e. The van der Waals surface area contributed by atoms with Gasteiger partial charge in [0.15, 0.2) is 0 Å². The molecular weight excluding hydrogens is 280 g/mol. The van der Waals surface area contributed by atoms with Gasteiger partial charge in [0.2, 0.25) is 0 Å². The van der Waals surface area contributed by atoms with Gasteiger partial charge in [-0.3, -0.25) is 9.80 Å². The molecule has 0 amide bonds. The molecule has 2 aliphatic rings. The highest BCUT2D eigenvalue weighted by molar-refractivity contribution is 5.15. The fraction of sp³-hybridized carbons (Fsp3) is 0.714. The van der Waals surface area contributed by atoms with E-state index in [1.54, 1.807) is 0 Å². The van der Waals surface area contributed by atoms with Crippen LogP contribution in [-0.4, -0.2) is 41.5 Å². The summed E-state index contributed by atoms with van der Waals surface area (Å²) in [6, 6.07) is 12.3. The molecule has 0 bridgehead atoms. The Bertz CT molecular complexity index is 452. The second kappa shape index (κ2) is 7.81. The highest BCUT2D eigenvalue weighted by Gasteiger charge is 2.31. The summed E-state index contributed by atoms with van der Waals surface area (Å²) >= 11 is 0. The molecule has 1 saturated heterocycles. The van der Waals surface area contributed by atoms with Gasteiger partial charge >= 0.3 is 0 Å². The van der Waals surface area contributed by atoms with Gasteiger partial charge in [0.1, 0.15) is 0 Å². The molecule has 1 aromatic carbocycles. The largest absolute Gasteiger partial charge is 0.300 e. The van der Waals surface area contributed by atoms with Gasteiger partial charge in [-0.25, -0.2) is 0 Å². The zero-order valence-corrected chi connectivity index (χ0v) is 15.2. The minimum Gasteiger partial charge on any atom is -0.300 e. The first-order valence-electron chi connectivity index (χ1n) is 9.64. The van der Waals surface area contributed by atoms with Crippen LogP contribution in [0.5, 0.6) is 0 Å². The van der Waals surface area contributed by atoms with Crippen molar-refractivity contribution in [3.05, 3.63) is 35.9 Å². The number of piperazine rings is 1. The molecule has 2 nitrogen and oxygen atoms in total. The molecule has 3 rings (SSSR count). The molecule has 0 N–H and O–H groups in total. The van der Waals surface area contributed by atoms with Crippen molar-refractivity contribution in [3.8, 4) is 0 Å². The summed E-state index contributed by atoms with van der Waals surface area (Å²) in [5.74, 6) is 1.91. The van der Waals surface area contributed by atoms with E-state index in [1.165, 1.54) is 50.9 Å². The van der Waals surface area contributed by atoms with Crippen LogP contribution in [0, 0.1) is 11.8 Å². The zero-order chi connectivity index (χ0) is 16.2. The summed E-state index contributed by atoms with van der Waals surface area (Å²) < 4.78 is 0. The van der Waals surface area contributed by atoms with E-state index in [0.29, 0.717) is 12.1 Å². The van der Waals surface area contributed by atoms with Crippen LogP contribution in [0.1, 0.15) is 52.0 Å². The molecular formula is C21H34N2. The molecule has 2 atom stereocenters. The van der Waals surface area contributed by atoms with E-state index in [4.69, 9.17) is 0 Å². The minimum atomic E-state index is 0.654. The Morgan fingerprint density at radius 3 is 2.09 bits per heavy atom. The number of hydrogen-bond donors (Lipinski definition) is 0. The minimum absolute atomic E-state index is 0.654. The van der Waals surface area contributed by atoms with E-state index >= 15 is 0 Å². The Morgan fingerprint density at radius 2 is 1.48 bits per heavy atom. The van der Waals surface area contributed by atoms with Crippen molar-refractivity contribution in [1.29, 1.82) is 0 Å². The Kier molecular flexibility index (Phi) is 5.76. The van der Waals surface area contributed by atoms with Gasteiger partial charge in [0.05, 0.1) is 0 Å². The van der Waals surface area contributed by atoms with Crippen molar-refractivity contribution in [2.24, 2.45) is 11.8 Å². The molecule has 1 aliphatic carbocycles. The first-order chi connectivity index (χ1) is 11.1. The first-order valence-corrected chi connectivity index (χ1v) is 9.64. The monoisotopic (exact) mass is 314 g/mol. The molecule has 1 heterocycles. The van der Waals surface area contributed by atoms with Crippen molar-refractivity contribution >= 4 is 0 Å². The number of hydrogen-bond acceptors (Lipinski definition) is 2. The van der Waals surface area contributed by atoms with E-state index in [0.717, 1.165) is 18.4 Å². The maximum absolute atomic E-state index is 2.75. The van der Waals surface area contributed by atoms with Crippen molar-refractivity contribution < 1.29 is 0 Å². The van der Waals surface area contributed by atoms with Gasteiger partial charge in [-0.2, -0.15) is 0 Å². The summed E-state index contributed by atoms with van der Waals surface area (Å²) in [4.78, 5) is 5.44. The van der Waals surface area contributed by atoms with Crippen molar-refractivity contribution in [3.63, 3.8) is 0 Å². The van der Waals surface area contributed by atoms with Gasteiger partial charge in [-0.1, -0.05) is 50.1 Å². The van der Waals surface area contributed by atoms with Crippen molar-refractivity contribution in [2.45, 2.75) is 65.1 Å². The van der Waals surface area contributed by atoms with Crippen LogP contribution in [0.2, 0.25) is 0 Å². The predicted octanol–water partition coefficient (Wildman–Crippen LogP) is 4.41. The quantitative estimate of drug-likeness (QED) is 0.812. The Labute approximate surface area is 142 Å². The molecule has 0 aromatic heterocycles. The Hall–Kier alpha value is -0.860. The molecule has 1 aromatic rings. The van der Waals surface area contributed by atoms with E-state index in [1.807, 2.05) is 0 Å². The molecule has 0 radical (unpaired) electrons. The third kappa shape index (κ3) is 4.58. The van der Waals surface area contributed by atoms with Gasteiger partial charge in [0, 0.05) is 38.3 Å². The number of benzene rings is 1. The van der Waals surface area contributed by atoms with Gasteiger partial charge < -0.3 is 0 Å². The SMILES string of the molecule is CC1CCC(CN2CC(C)N(Cc3ccccc3)C(C)C2)CC1. The van der Waals surface area contributed by atoms with Crippen LogP contribution in [0.15, 0.2) is 30.3 Å². The summed E-state index contributed by atoms with van der Waals surface area (Å²) in [7, 11) is 0. The van der Waals surface area contributed by atoms with E-state index in [2.05, 4.69) is 60.9 Å². The Balaban J connectivity index is 1.52. The molecule has 23 heavy (non-hydrogen) atoms. The van der Waals surface area contributed by atoms with Crippen LogP contribution in [0.25, 0.3) is 0 Å². The van der Waals surface area contributed by atoms with E-state index in [9.17, 15) is 0 Å². The molecule has 0 spiro atoms. The standard InChI is InChI=1S/C21H34N2/c1-17-9-11-21(12-10-17)15-22-13-18(2)23(19(3)14-22)16-20-7-5-4-6-8-20/h4-8,17-19,21H,9-16H2,1-3H3. The van der Waals surface area contributed by atoms with Crippen LogP contribution in [0.3, 0.4) is 0 Å². The average Bonchev–Trinajstić information content (AvgIpc) is 2.54. The number of nitrogens with zero attached hydrogens (tertiary/aromatic N) is 2. The fourth-order valence-corrected chi connectivity index (χ4v) is 4.60. The predicted molar refractivity (Wildman–Crippen MR) is 98.5 cm³/mol. The molecule has 2 heteroatoms. The van der Waals surface area contributed by atoms with Crippen LogP contribution in [0.4, 0.5) is 0 Å². The third-order valence-corrected chi connectivity index (χ3v) is 6.04. The average molecular weight is 315 g/mol. The molecule has 2 unspecified atom stereocenters. The Morgan fingerprint density at radius 1 is 0.870 bits per heavy atom. The lowest BCUT2D eigenvalue weighted by atomic mass is 9.82. The summed E-state index contributed by atoms with van der Waals surface area (Å²) in [6.07, 6.45) is 5.80. The molecule has 1 saturated carbocycles. The van der Waals surface area contributed by atoms with Crippen LogP contribution >= 0.6 is 0 Å². The van der Waals surface area contributed by atoms with E-state index in [-0.39, 0.29) is 0 Å². The lowest BCUT2D eigenvalue weighted by Gasteiger charge is -2.46. The van der Waals surface area contributed by atoms with Crippen molar-refractivity contribution in [2.75, 3.05) is 19.6 Å². The molecule has 2 fully saturated rings. The topological polar surface area (TPSA) is 6.48 Å². The highest BCUT2D eigenvalue weighted by atomic mass is 15.3. The lowest BCUT2D eigenvalue weighted by molar-refractivity contribution is 0.0215. The van der Waals surface area contributed by atoms with Crippen molar-refractivity contribution in [1.82, 2.24) is 9.80 Å². The summed E-state index contributed by atoms with van der Waals surface area (Å²) in [5, 5.41) is 0. The molecule has 128 valence electrons. The van der Waals surface area contributed by atoms with Crippen LogP contribution in [-0.2, 0) is 6.54 Å². The smallest absolute Gasteiger partial charge is 0.0240 e. The summed E-state index contributed by atoms with van der Waals surface area (Å²) in [5.41, 5.74) is 1.45. The van der Waals surface area contributed by atoms with Gasteiger partial charge in [-0.15, -0.1) is 0 Å². The zero-order valence-electron chi connectivity index (χ0n) is 15.2. The van der Waals surface area contributed by atoms with Gasteiger partial charge in [0.25, 0.3) is 0 Å². The second-order valence-corrected chi connectivity index (χ2v) is 8.20.